The average molecular weight is 450 g/mol. The van der Waals surface area contributed by atoms with Crippen LogP contribution in [0, 0.1) is 6.92 Å². The van der Waals surface area contributed by atoms with Crippen molar-refractivity contribution in [2.75, 3.05) is 11.8 Å². The molecule has 10 heteroatoms. The van der Waals surface area contributed by atoms with Gasteiger partial charge < -0.3 is 4.42 Å². The fourth-order valence-corrected chi connectivity index (χ4v) is 2.19. The first-order valence-corrected chi connectivity index (χ1v) is 9.15. The monoisotopic (exact) mass is 447 g/mol. The lowest BCUT2D eigenvalue weighted by Crippen LogP contribution is -2.24. The van der Waals surface area contributed by atoms with Crippen LogP contribution in [0.5, 0.6) is 0 Å². The molecule has 0 saturated carbocycles. The summed E-state index contributed by atoms with van der Waals surface area (Å²) in [6, 6.07) is 3.63. The van der Waals surface area contributed by atoms with Gasteiger partial charge in [0.2, 0.25) is 0 Å². The minimum Gasteiger partial charge on any atom is -0.462 e. The van der Waals surface area contributed by atoms with Crippen LogP contribution in [0.3, 0.4) is 0 Å². The van der Waals surface area contributed by atoms with Crippen LogP contribution in [-0.4, -0.2) is 26.7 Å². The third kappa shape index (κ3) is 4.90. The molecule has 4 nitrogen and oxygen atoms in total. The highest BCUT2D eigenvalue weighted by atomic mass is 35.5. The molecule has 0 fully saturated rings. The summed E-state index contributed by atoms with van der Waals surface area (Å²) >= 11 is 36.0. The van der Waals surface area contributed by atoms with E-state index in [4.69, 9.17) is 74.0 Å². The Morgan fingerprint density at radius 3 is 1.88 bits per heavy atom. The van der Waals surface area contributed by atoms with Gasteiger partial charge in [-0.2, -0.15) is 0 Å². The quantitative estimate of drug-likeness (QED) is 0.532. The first kappa shape index (κ1) is 20.1. The summed E-state index contributed by atoms with van der Waals surface area (Å²) in [5, 5.41) is 0. The molecule has 0 amide bonds. The van der Waals surface area contributed by atoms with E-state index in [0.717, 1.165) is 5.76 Å². The van der Waals surface area contributed by atoms with E-state index in [0.29, 0.717) is 5.76 Å². The Hall–Kier alpha value is -0.230. The maximum atomic E-state index is 6.12. The van der Waals surface area contributed by atoms with Gasteiger partial charge in [0, 0.05) is 0 Å². The number of halogens is 6. The van der Waals surface area contributed by atoms with Crippen molar-refractivity contribution in [2.45, 2.75) is 15.6 Å². The van der Waals surface area contributed by atoms with E-state index >= 15 is 0 Å². The number of aromatic nitrogens is 3. The van der Waals surface area contributed by atoms with Crippen molar-refractivity contribution in [3.63, 3.8) is 0 Å². The smallest absolute Gasteiger partial charge is 0.190 e. The van der Waals surface area contributed by atoms with Crippen molar-refractivity contribution >= 4 is 81.8 Å². The van der Waals surface area contributed by atoms with Crippen molar-refractivity contribution < 1.29 is 4.42 Å². The second-order valence-electron chi connectivity index (χ2n) is 4.80. The van der Waals surface area contributed by atoms with Crippen LogP contribution in [0.15, 0.2) is 16.5 Å². The van der Waals surface area contributed by atoms with E-state index in [1.54, 1.807) is 18.2 Å². The number of rotatable bonds is 6. The van der Waals surface area contributed by atoms with Gasteiger partial charge in [0.1, 0.15) is 11.5 Å². The second-order valence-corrected chi connectivity index (χ2v) is 8.30. The normalized spacial score (nSPS) is 13.0. The van der Waals surface area contributed by atoms with Crippen LogP contribution in [0.1, 0.15) is 29.0 Å². The number of alkyl halides is 6. The van der Waals surface area contributed by atoms with Gasteiger partial charge in [0.05, 0.1) is 11.8 Å². The van der Waals surface area contributed by atoms with Crippen molar-refractivity contribution in [3.05, 3.63) is 41.1 Å². The number of hydrogen-bond donors (Lipinski definition) is 0. The fourth-order valence-electron chi connectivity index (χ4n) is 1.61. The molecule has 0 aliphatic heterocycles. The zero-order chi connectivity index (χ0) is 18.0. The van der Waals surface area contributed by atoms with Crippen LogP contribution >= 0.6 is 69.6 Å². The molecule has 0 atom stereocenters. The molecule has 0 aliphatic rings. The van der Waals surface area contributed by atoms with Gasteiger partial charge in [-0.3, -0.25) is 0 Å². The first-order valence-electron chi connectivity index (χ1n) is 6.57. The molecule has 0 bridgehead atoms. The number of furan rings is 1. The van der Waals surface area contributed by atoms with E-state index in [2.05, 4.69) is 15.0 Å². The minimum atomic E-state index is -1.53. The number of aryl methyl sites for hydroxylation is 1. The second kappa shape index (κ2) is 7.98. The van der Waals surface area contributed by atoms with E-state index in [1.807, 2.05) is 13.0 Å². The van der Waals surface area contributed by atoms with Crippen LogP contribution in [0.25, 0.3) is 12.2 Å². The maximum absolute atomic E-state index is 6.12. The highest BCUT2D eigenvalue weighted by molar-refractivity contribution is 6.51. The predicted molar refractivity (Wildman–Crippen MR) is 100 cm³/mol. The van der Waals surface area contributed by atoms with E-state index in [1.165, 1.54) is 0 Å². The van der Waals surface area contributed by atoms with E-state index < -0.39 is 8.67 Å². The first-order chi connectivity index (χ1) is 11.2. The highest BCUT2D eigenvalue weighted by Gasteiger charge is 2.35. The molecule has 130 valence electrons. The van der Waals surface area contributed by atoms with Crippen molar-refractivity contribution in [1.82, 2.24) is 15.0 Å². The van der Waals surface area contributed by atoms with Crippen LogP contribution in [0.4, 0.5) is 0 Å². The molecular weight excluding hydrogens is 439 g/mol. The summed E-state index contributed by atoms with van der Waals surface area (Å²) in [5.74, 6) is 1.40. The summed E-state index contributed by atoms with van der Waals surface area (Å²) in [7, 11) is 0. The zero-order valence-electron chi connectivity index (χ0n) is 12.2. The van der Waals surface area contributed by atoms with Gasteiger partial charge in [-0.1, -0.05) is 46.4 Å². The van der Waals surface area contributed by atoms with Crippen LogP contribution < -0.4 is 0 Å². The van der Waals surface area contributed by atoms with Crippen molar-refractivity contribution in [3.8, 4) is 0 Å². The maximum Gasteiger partial charge on any atom is 0.190 e. The Balaban J connectivity index is 2.48. The molecule has 0 saturated heterocycles. The molecule has 2 aromatic rings. The summed E-state index contributed by atoms with van der Waals surface area (Å²) in [5.41, 5.74) is 0. The van der Waals surface area contributed by atoms with Gasteiger partial charge in [0.15, 0.2) is 26.1 Å². The molecule has 2 rings (SSSR count). The molecule has 0 unspecified atom stereocenters. The Morgan fingerprint density at radius 2 is 1.46 bits per heavy atom. The van der Waals surface area contributed by atoms with Gasteiger partial charge in [-0.25, -0.2) is 15.0 Å². The summed E-state index contributed by atoms with van der Waals surface area (Å²) in [4.78, 5) is 12.5. The molecule has 0 radical (unpaired) electrons. The average Bonchev–Trinajstić information content (AvgIpc) is 2.98. The Morgan fingerprint density at radius 1 is 0.917 bits per heavy atom. The lowest BCUT2D eigenvalue weighted by Gasteiger charge is -2.19. The highest BCUT2D eigenvalue weighted by Crippen LogP contribution is 2.36. The Bertz CT molecular complexity index is 710. The topological polar surface area (TPSA) is 51.8 Å². The molecular formula is C14H11Cl6N3O. The summed E-state index contributed by atoms with van der Waals surface area (Å²) in [6.07, 6.45) is 3.26. The van der Waals surface area contributed by atoms with Gasteiger partial charge >= 0.3 is 0 Å². The Labute approximate surface area is 169 Å². The fraction of sp³-hybridized carbons (Fsp3) is 0.357. The number of hydrogen-bond acceptors (Lipinski definition) is 4. The number of nitrogens with zero attached hydrogens (tertiary/aromatic N) is 3. The van der Waals surface area contributed by atoms with Gasteiger partial charge in [0.25, 0.3) is 0 Å². The molecule has 0 N–H and O–H groups in total. The molecule has 0 aromatic carbocycles. The minimum absolute atomic E-state index is 0.0249. The Kier molecular flexibility index (Phi) is 6.68. The molecule has 0 spiro atoms. The summed E-state index contributed by atoms with van der Waals surface area (Å²) in [6.45, 7) is 1.84. The predicted octanol–water partition coefficient (Wildman–Crippen LogP) is 5.68. The summed E-state index contributed by atoms with van der Waals surface area (Å²) < 4.78 is 2.38. The molecule has 2 aromatic heterocycles. The van der Waals surface area contributed by atoms with Gasteiger partial charge in [-0.05, 0) is 31.2 Å². The molecule has 2 heterocycles. The van der Waals surface area contributed by atoms with Crippen LogP contribution in [-0.2, 0) is 8.67 Å². The van der Waals surface area contributed by atoms with E-state index in [9.17, 15) is 0 Å². The SMILES string of the molecule is Cc1ccc(/C=C/c2nc(C(Cl)(Cl)CCl)nc(C(Cl)(Cl)CCl)n2)o1. The van der Waals surface area contributed by atoms with E-state index in [-0.39, 0.29) is 29.2 Å². The molecule has 24 heavy (non-hydrogen) atoms. The largest absolute Gasteiger partial charge is 0.462 e. The third-order valence-electron chi connectivity index (χ3n) is 2.80. The van der Waals surface area contributed by atoms with Gasteiger partial charge in [-0.15, -0.1) is 23.2 Å². The lowest BCUT2D eigenvalue weighted by atomic mass is 10.3. The van der Waals surface area contributed by atoms with Crippen LogP contribution in [0.2, 0.25) is 0 Å². The standard InChI is InChI=1S/C14H11Cl6N3O/c1-8-2-3-9(24-8)4-5-10-21-11(13(17,18)6-15)23-12(22-10)14(19,20)7-16/h2-5H,6-7H2,1H3/b5-4+. The zero-order valence-corrected chi connectivity index (χ0v) is 16.8. The third-order valence-corrected chi connectivity index (χ3v) is 5.36. The van der Waals surface area contributed by atoms with Crippen molar-refractivity contribution in [1.29, 1.82) is 0 Å². The lowest BCUT2D eigenvalue weighted by molar-refractivity contribution is 0.525. The van der Waals surface area contributed by atoms with Crippen molar-refractivity contribution in [2.24, 2.45) is 0 Å². The molecule has 0 aliphatic carbocycles.